The average molecular weight is 695 g/mol. The number of allylic oxidation sites excluding steroid dienone is 1. The van der Waals surface area contributed by atoms with Crippen LogP contribution in [-0.2, 0) is 9.53 Å². The number of methoxy groups -OCH3 is 1. The average Bonchev–Trinajstić information content (AvgIpc) is 3.13. The Bertz CT molecular complexity index is 1680. The molecule has 0 aromatic heterocycles. The van der Waals surface area contributed by atoms with Gasteiger partial charge >= 0.3 is 6.09 Å². The van der Waals surface area contributed by atoms with Crippen LogP contribution in [0.15, 0.2) is 77.3 Å². The summed E-state index contributed by atoms with van der Waals surface area (Å²) in [5, 5.41) is 5.58. The number of carbonyl (C=O) groups is 3. The van der Waals surface area contributed by atoms with E-state index in [4.69, 9.17) is 14.5 Å². The number of benzene rings is 3. The van der Waals surface area contributed by atoms with E-state index >= 15 is 0 Å². The first-order chi connectivity index (χ1) is 24.7. The number of ketones is 1. The molecule has 3 aromatic rings. The number of fused-ring (bicyclic) bond motifs is 1. The van der Waals surface area contributed by atoms with E-state index < -0.39 is 17.8 Å². The summed E-state index contributed by atoms with van der Waals surface area (Å²) in [4.78, 5) is 46.8. The summed E-state index contributed by atoms with van der Waals surface area (Å²) < 4.78 is 10.7. The number of anilines is 2. The molecule has 0 atom stereocenters. The molecule has 272 valence electrons. The van der Waals surface area contributed by atoms with E-state index in [0.717, 1.165) is 42.9 Å². The van der Waals surface area contributed by atoms with Crippen LogP contribution in [0.1, 0.15) is 98.7 Å². The molecule has 1 aliphatic carbocycles. The summed E-state index contributed by atoms with van der Waals surface area (Å²) in [5.41, 5.74) is 5.49. The minimum Gasteiger partial charge on any atom is -0.493 e. The maximum absolute atomic E-state index is 13.7. The van der Waals surface area contributed by atoms with Crippen molar-refractivity contribution in [3.05, 3.63) is 94.6 Å². The highest BCUT2D eigenvalue weighted by Crippen LogP contribution is 2.31. The van der Waals surface area contributed by atoms with E-state index in [-0.39, 0.29) is 11.1 Å². The number of unbranched alkanes of at least 4 members (excludes halogenated alkanes) is 6. The zero-order chi connectivity index (χ0) is 36.6. The summed E-state index contributed by atoms with van der Waals surface area (Å²) >= 11 is 0. The number of carbonyl (C=O) groups excluding carboxylic acids is 3. The van der Waals surface area contributed by atoms with Crippen molar-refractivity contribution in [1.29, 1.82) is 0 Å². The van der Waals surface area contributed by atoms with Crippen LogP contribution in [0.2, 0.25) is 0 Å². The standard InChI is InChI=1S/C42H54N4O5/c1-6-8-10-12-25-46(26-13-11-9-7-2)33-21-19-32(20-22-33)44-37-29-35(40(47)34-16-14-17-36(39(34)37)45-42(49)50-5)41(48)43-24-15-27-51-38-23-18-30(3)28-31(38)4/h14,16-23,28-29H,6-13,15,24-27H2,1-5H3,(H,43,48)(H,45,49). The van der Waals surface area contributed by atoms with E-state index in [1.807, 2.05) is 38.1 Å². The zero-order valence-corrected chi connectivity index (χ0v) is 31.0. The molecule has 9 heteroatoms. The number of rotatable bonds is 19. The van der Waals surface area contributed by atoms with Crippen LogP contribution >= 0.6 is 0 Å². The zero-order valence-electron chi connectivity index (χ0n) is 31.0. The van der Waals surface area contributed by atoms with Gasteiger partial charge in [-0.1, -0.05) is 82.2 Å². The van der Waals surface area contributed by atoms with Crippen LogP contribution in [0.4, 0.5) is 21.9 Å². The first-order valence-corrected chi connectivity index (χ1v) is 18.4. The molecule has 0 saturated heterocycles. The smallest absolute Gasteiger partial charge is 0.411 e. The Morgan fingerprint density at radius 3 is 2.20 bits per heavy atom. The van der Waals surface area contributed by atoms with Crippen LogP contribution in [0.3, 0.4) is 0 Å². The third-order valence-electron chi connectivity index (χ3n) is 8.98. The van der Waals surface area contributed by atoms with Crippen LogP contribution in [0.5, 0.6) is 5.75 Å². The Balaban J connectivity index is 1.56. The van der Waals surface area contributed by atoms with Gasteiger partial charge in [0.1, 0.15) is 5.75 Å². The lowest BCUT2D eigenvalue weighted by atomic mass is 9.87. The second-order valence-corrected chi connectivity index (χ2v) is 13.1. The first-order valence-electron chi connectivity index (χ1n) is 18.4. The highest BCUT2D eigenvalue weighted by atomic mass is 16.5. The molecule has 51 heavy (non-hydrogen) atoms. The molecule has 0 spiro atoms. The number of nitrogens with zero attached hydrogens (tertiary/aromatic N) is 2. The monoisotopic (exact) mass is 694 g/mol. The lowest BCUT2D eigenvalue weighted by molar-refractivity contribution is -0.117. The predicted octanol–water partition coefficient (Wildman–Crippen LogP) is 9.28. The molecular weight excluding hydrogens is 640 g/mol. The number of nitrogens with one attached hydrogen (secondary N) is 2. The molecule has 0 radical (unpaired) electrons. The van der Waals surface area contributed by atoms with Crippen LogP contribution in [0, 0.1) is 13.8 Å². The number of amides is 2. The fourth-order valence-electron chi connectivity index (χ4n) is 6.18. The number of aryl methyl sites for hydroxylation is 2. The van der Waals surface area contributed by atoms with E-state index in [0.29, 0.717) is 42.2 Å². The minimum absolute atomic E-state index is 0.0197. The van der Waals surface area contributed by atoms with Gasteiger partial charge in [-0.15, -0.1) is 0 Å². The quantitative estimate of drug-likeness (QED) is 0.0957. The summed E-state index contributed by atoms with van der Waals surface area (Å²) in [6, 6.07) is 19.1. The van der Waals surface area contributed by atoms with Crippen molar-refractivity contribution in [1.82, 2.24) is 5.32 Å². The second-order valence-electron chi connectivity index (χ2n) is 13.1. The van der Waals surface area contributed by atoms with Crippen molar-refractivity contribution < 1.29 is 23.9 Å². The third kappa shape index (κ3) is 11.3. The molecule has 9 nitrogen and oxygen atoms in total. The lowest BCUT2D eigenvalue weighted by Crippen LogP contribution is -2.33. The fraction of sp³-hybridized carbons (Fsp3) is 0.429. The Kier molecular flexibility index (Phi) is 15.3. The highest BCUT2D eigenvalue weighted by Gasteiger charge is 2.31. The summed E-state index contributed by atoms with van der Waals surface area (Å²) in [6.45, 7) is 11.3. The van der Waals surface area contributed by atoms with Crippen molar-refractivity contribution in [2.45, 2.75) is 85.5 Å². The van der Waals surface area contributed by atoms with Gasteiger partial charge in [-0.2, -0.15) is 0 Å². The predicted molar refractivity (Wildman–Crippen MR) is 207 cm³/mol. The fourth-order valence-corrected chi connectivity index (χ4v) is 6.18. The molecule has 0 unspecified atom stereocenters. The summed E-state index contributed by atoms with van der Waals surface area (Å²) in [7, 11) is 1.28. The van der Waals surface area contributed by atoms with E-state index in [2.05, 4.69) is 47.6 Å². The Morgan fingerprint density at radius 2 is 1.55 bits per heavy atom. The third-order valence-corrected chi connectivity index (χ3v) is 8.98. The number of aliphatic imine (C=N–C) groups is 1. The molecule has 4 rings (SSSR count). The van der Waals surface area contributed by atoms with Crippen molar-refractivity contribution in [2.75, 3.05) is 43.6 Å². The van der Waals surface area contributed by atoms with Gasteiger partial charge in [-0.05, 0) is 81.1 Å². The molecule has 0 bridgehead atoms. The summed E-state index contributed by atoms with van der Waals surface area (Å²) in [5.74, 6) is -0.127. The molecule has 3 aromatic carbocycles. The molecule has 0 aliphatic heterocycles. The van der Waals surface area contributed by atoms with Gasteiger partial charge in [0.05, 0.1) is 36.4 Å². The molecule has 0 heterocycles. The SMILES string of the molecule is CCCCCCN(CCCCCC)c1ccc(N=C2C=C(C(=O)NCCCOc3ccc(C)cc3C)C(=O)c3cccc(NC(=O)OC)c32)cc1. The van der Waals surface area contributed by atoms with E-state index in [1.54, 1.807) is 18.2 Å². The molecule has 0 saturated carbocycles. The van der Waals surface area contributed by atoms with Crippen molar-refractivity contribution in [3.8, 4) is 5.75 Å². The molecular formula is C42H54N4O5. The van der Waals surface area contributed by atoms with Crippen LogP contribution in [0.25, 0.3) is 0 Å². The van der Waals surface area contributed by atoms with E-state index in [9.17, 15) is 14.4 Å². The van der Waals surface area contributed by atoms with Gasteiger partial charge in [0.2, 0.25) is 0 Å². The van der Waals surface area contributed by atoms with Gasteiger partial charge in [0, 0.05) is 36.4 Å². The van der Waals surface area contributed by atoms with E-state index in [1.165, 1.54) is 57.3 Å². The van der Waals surface area contributed by atoms with Crippen LogP contribution in [-0.4, -0.2) is 56.8 Å². The highest BCUT2D eigenvalue weighted by molar-refractivity contribution is 6.36. The van der Waals surface area contributed by atoms with Gasteiger partial charge < -0.3 is 19.7 Å². The van der Waals surface area contributed by atoms with Crippen LogP contribution < -0.4 is 20.3 Å². The molecule has 0 fully saturated rings. The minimum atomic E-state index is -0.673. The van der Waals surface area contributed by atoms with Gasteiger partial charge in [0.25, 0.3) is 5.91 Å². The Labute approximate surface area is 303 Å². The maximum Gasteiger partial charge on any atom is 0.411 e. The molecule has 1 aliphatic rings. The largest absolute Gasteiger partial charge is 0.493 e. The van der Waals surface area contributed by atoms with Crippen molar-refractivity contribution in [3.63, 3.8) is 0 Å². The second kappa shape index (κ2) is 20.1. The van der Waals surface area contributed by atoms with Gasteiger partial charge in [0.15, 0.2) is 5.78 Å². The number of ether oxygens (including phenoxy) is 2. The Morgan fingerprint density at radius 1 is 0.843 bits per heavy atom. The molecule has 2 N–H and O–H groups in total. The van der Waals surface area contributed by atoms with Crippen molar-refractivity contribution in [2.24, 2.45) is 4.99 Å². The number of hydrogen-bond donors (Lipinski definition) is 2. The number of hydrogen-bond acceptors (Lipinski definition) is 7. The van der Waals surface area contributed by atoms with Gasteiger partial charge in [-0.25, -0.2) is 9.79 Å². The number of Topliss-reactive ketones (excluding diaryl/α,β-unsaturated/α-hetero) is 1. The maximum atomic E-state index is 13.7. The summed E-state index contributed by atoms with van der Waals surface area (Å²) in [6.07, 6.45) is 11.0. The first kappa shape index (κ1) is 38.9. The lowest BCUT2D eigenvalue weighted by Gasteiger charge is -2.25. The Hall–Kier alpha value is -4.92. The van der Waals surface area contributed by atoms with Crippen molar-refractivity contribution >= 4 is 40.6 Å². The van der Waals surface area contributed by atoms with Gasteiger partial charge in [-0.3, -0.25) is 14.9 Å². The normalized spacial score (nSPS) is 13.0. The topological polar surface area (TPSA) is 109 Å². The molecule has 2 amide bonds.